The third-order valence-electron chi connectivity index (χ3n) is 5.32. The number of hydrogen-bond donors (Lipinski definition) is 0. The number of aromatic nitrogens is 2. The molecule has 0 spiro atoms. The molecule has 1 atom stereocenters. The van der Waals surface area contributed by atoms with Gasteiger partial charge in [-0.25, -0.2) is 18.2 Å². The molecule has 1 aromatic heterocycles. The first-order valence-corrected chi connectivity index (χ1v) is 8.59. The van der Waals surface area contributed by atoms with Gasteiger partial charge in [-0.1, -0.05) is 23.7 Å². The molecule has 1 unspecified atom stereocenters. The highest BCUT2D eigenvalue weighted by molar-refractivity contribution is 6.32. The minimum Gasteiger partial charge on any atom is -0.322 e. The summed E-state index contributed by atoms with van der Waals surface area (Å²) < 4.78 is 43.4. The maximum absolute atomic E-state index is 15.0. The third-order valence-corrected chi connectivity index (χ3v) is 5.65. The molecular weight excluding hydrogens is 353 g/mol. The fourth-order valence-corrected chi connectivity index (χ4v) is 4.15. The van der Waals surface area contributed by atoms with Gasteiger partial charge in [0.2, 0.25) is 5.92 Å². The van der Waals surface area contributed by atoms with Crippen LogP contribution in [0, 0.1) is 0 Å². The highest BCUT2D eigenvalue weighted by Crippen LogP contribution is 2.47. The summed E-state index contributed by atoms with van der Waals surface area (Å²) in [6.45, 7) is 0. The number of fused-ring (bicyclic) bond motifs is 3. The van der Waals surface area contributed by atoms with Crippen molar-refractivity contribution in [2.75, 3.05) is 0 Å². The van der Waals surface area contributed by atoms with Crippen LogP contribution in [0.2, 0.25) is 5.02 Å². The molecule has 0 radical (unpaired) electrons. The predicted molar refractivity (Wildman–Crippen MR) is 87.7 cm³/mol. The molecule has 7 heteroatoms. The monoisotopic (exact) mass is 368 g/mol. The Morgan fingerprint density at radius 1 is 1.24 bits per heavy atom. The van der Waals surface area contributed by atoms with Gasteiger partial charge in [0.05, 0.1) is 24.3 Å². The largest absolute Gasteiger partial charge is 0.322 e. The average Bonchev–Trinajstić information content (AvgIpc) is 3.14. The maximum atomic E-state index is 15.0. The lowest BCUT2D eigenvalue weighted by molar-refractivity contribution is -0.140. The van der Waals surface area contributed by atoms with Gasteiger partial charge >= 0.3 is 0 Å². The minimum absolute atomic E-state index is 0.123. The number of Topliss-reactive ketones (excluding diaryl/α,β-unsaturated/α-hetero) is 1. The number of ketones is 1. The van der Waals surface area contributed by atoms with E-state index in [1.54, 1.807) is 23.2 Å². The van der Waals surface area contributed by atoms with E-state index in [0.717, 1.165) is 16.8 Å². The zero-order valence-corrected chi connectivity index (χ0v) is 14.1. The highest BCUT2D eigenvalue weighted by Gasteiger charge is 2.49. The van der Waals surface area contributed by atoms with Crippen molar-refractivity contribution in [2.45, 2.75) is 49.7 Å². The molecule has 1 aliphatic carbocycles. The Kier molecular flexibility index (Phi) is 3.72. The van der Waals surface area contributed by atoms with Crippen LogP contribution in [0.15, 0.2) is 30.7 Å². The molecular formula is C18H16ClF3N2O. The third kappa shape index (κ3) is 2.67. The second kappa shape index (κ2) is 5.59. The first kappa shape index (κ1) is 16.6. The standard InChI is InChI=1S/C18H16ClF3N2O/c19-12-3-1-2-11-14-9-23-10-24(14)13(16(11)12)8-15(25)17(20)4-6-18(21,22)7-5-17/h1-3,9-10,13H,4-8H2. The van der Waals surface area contributed by atoms with Gasteiger partial charge in [0, 0.05) is 35.4 Å². The number of rotatable bonds is 3. The quantitative estimate of drug-likeness (QED) is 0.765. The zero-order valence-electron chi connectivity index (χ0n) is 13.3. The van der Waals surface area contributed by atoms with Crippen LogP contribution < -0.4 is 0 Å². The summed E-state index contributed by atoms with van der Waals surface area (Å²) in [7, 11) is 0. The van der Waals surface area contributed by atoms with Crippen molar-refractivity contribution in [1.29, 1.82) is 0 Å². The number of alkyl halides is 3. The van der Waals surface area contributed by atoms with Crippen LogP contribution in [-0.2, 0) is 4.79 Å². The molecule has 132 valence electrons. The van der Waals surface area contributed by atoms with E-state index in [-0.39, 0.29) is 6.42 Å². The molecule has 1 fully saturated rings. The second-order valence-electron chi connectivity index (χ2n) is 6.85. The summed E-state index contributed by atoms with van der Waals surface area (Å²) in [5.41, 5.74) is 0.260. The average molecular weight is 369 g/mol. The van der Waals surface area contributed by atoms with Gasteiger partial charge in [-0.3, -0.25) is 4.79 Å². The van der Waals surface area contributed by atoms with E-state index < -0.39 is 49.1 Å². The first-order chi connectivity index (χ1) is 11.8. The molecule has 1 aromatic carbocycles. The Morgan fingerprint density at radius 3 is 2.68 bits per heavy atom. The summed E-state index contributed by atoms with van der Waals surface area (Å²) in [4.78, 5) is 16.7. The zero-order chi connectivity index (χ0) is 17.8. The molecule has 0 N–H and O–H groups in total. The van der Waals surface area contributed by atoms with E-state index in [4.69, 9.17) is 11.6 Å². The lowest BCUT2D eigenvalue weighted by atomic mass is 9.79. The first-order valence-electron chi connectivity index (χ1n) is 8.21. The van der Waals surface area contributed by atoms with Crippen LogP contribution in [0.1, 0.15) is 43.7 Å². The van der Waals surface area contributed by atoms with E-state index in [9.17, 15) is 13.6 Å². The molecule has 2 heterocycles. The van der Waals surface area contributed by atoms with Crippen molar-refractivity contribution in [3.8, 4) is 11.3 Å². The Hall–Kier alpha value is -1.82. The number of nitrogens with zero attached hydrogens (tertiary/aromatic N) is 2. The molecule has 2 aromatic rings. The maximum Gasteiger partial charge on any atom is 0.248 e. The molecule has 1 saturated carbocycles. The summed E-state index contributed by atoms with van der Waals surface area (Å²) in [6.07, 6.45) is 1.09. The van der Waals surface area contributed by atoms with Gasteiger partial charge in [0.25, 0.3) is 0 Å². The highest BCUT2D eigenvalue weighted by atomic mass is 35.5. The lowest BCUT2D eigenvalue weighted by Crippen LogP contribution is -2.42. The number of hydrogen-bond acceptors (Lipinski definition) is 2. The van der Waals surface area contributed by atoms with Crippen molar-refractivity contribution >= 4 is 17.4 Å². The number of carbonyl (C=O) groups is 1. The van der Waals surface area contributed by atoms with Gasteiger partial charge in [-0.05, 0) is 18.9 Å². The van der Waals surface area contributed by atoms with Crippen molar-refractivity contribution < 1.29 is 18.0 Å². The number of carbonyl (C=O) groups excluding carboxylic acids is 1. The predicted octanol–water partition coefficient (Wildman–Crippen LogP) is 4.98. The molecule has 0 bridgehead atoms. The summed E-state index contributed by atoms with van der Waals surface area (Å²) in [5, 5.41) is 0.502. The smallest absolute Gasteiger partial charge is 0.248 e. The minimum atomic E-state index is -2.88. The van der Waals surface area contributed by atoms with Gasteiger partial charge in [0.1, 0.15) is 0 Å². The van der Waals surface area contributed by atoms with E-state index in [1.807, 2.05) is 12.1 Å². The fraction of sp³-hybridized carbons (Fsp3) is 0.444. The Labute approximate surface area is 147 Å². The summed E-state index contributed by atoms with van der Waals surface area (Å²) >= 11 is 6.31. The number of imidazole rings is 1. The van der Waals surface area contributed by atoms with Gasteiger partial charge in [0.15, 0.2) is 11.5 Å². The van der Waals surface area contributed by atoms with Gasteiger partial charge < -0.3 is 4.57 Å². The van der Waals surface area contributed by atoms with Crippen LogP contribution >= 0.6 is 11.6 Å². The van der Waals surface area contributed by atoms with Gasteiger partial charge in [-0.2, -0.15) is 0 Å². The van der Waals surface area contributed by atoms with Crippen molar-refractivity contribution in [3.63, 3.8) is 0 Å². The Balaban J connectivity index is 1.63. The molecule has 4 rings (SSSR count). The molecule has 25 heavy (non-hydrogen) atoms. The van der Waals surface area contributed by atoms with Crippen LogP contribution in [0.25, 0.3) is 11.3 Å². The second-order valence-corrected chi connectivity index (χ2v) is 7.26. The van der Waals surface area contributed by atoms with Gasteiger partial charge in [-0.15, -0.1) is 0 Å². The summed E-state index contributed by atoms with van der Waals surface area (Å²) in [5.74, 6) is -3.52. The van der Waals surface area contributed by atoms with E-state index in [0.29, 0.717) is 5.02 Å². The molecule has 3 nitrogen and oxygen atoms in total. The normalized spacial score (nSPS) is 23.1. The van der Waals surface area contributed by atoms with Crippen molar-refractivity contribution in [3.05, 3.63) is 41.3 Å². The molecule has 2 aliphatic rings. The SMILES string of the molecule is O=C(CC1c2c(Cl)cccc2-c2cncn21)C1(F)CCC(F)(F)CC1. The van der Waals surface area contributed by atoms with Crippen molar-refractivity contribution in [1.82, 2.24) is 9.55 Å². The molecule has 0 amide bonds. The van der Waals surface area contributed by atoms with E-state index in [1.165, 1.54) is 0 Å². The Morgan fingerprint density at radius 2 is 1.96 bits per heavy atom. The van der Waals surface area contributed by atoms with Crippen LogP contribution in [0.5, 0.6) is 0 Å². The summed E-state index contributed by atoms with van der Waals surface area (Å²) in [6, 6.07) is 4.96. The number of halogens is 4. The molecule has 0 saturated heterocycles. The topological polar surface area (TPSA) is 34.9 Å². The molecule has 1 aliphatic heterocycles. The van der Waals surface area contributed by atoms with E-state index >= 15 is 4.39 Å². The van der Waals surface area contributed by atoms with Crippen molar-refractivity contribution in [2.24, 2.45) is 0 Å². The Bertz CT molecular complexity index is 839. The van der Waals surface area contributed by atoms with Crippen LogP contribution in [-0.4, -0.2) is 26.9 Å². The number of benzene rings is 1. The fourth-order valence-electron chi connectivity index (χ4n) is 3.85. The van der Waals surface area contributed by atoms with E-state index in [2.05, 4.69) is 4.98 Å². The lowest BCUT2D eigenvalue weighted by Gasteiger charge is -2.33. The van der Waals surface area contributed by atoms with Crippen LogP contribution in [0.4, 0.5) is 13.2 Å². The van der Waals surface area contributed by atoms with Crippen LogP contribution in [0.3, 0.4) is 0 Å².